The van der Waals surface area contributed by atoms with Crippen molar-refractivity contribution in [2.75, 3.05) is 27.8 Å². The Morgan fingerprint density at radius 3 is 2.41 bits per heavy atom. The van der Waals surface area contributed by atoms with Crippen molar-refractivity contribution < 1.29 is 24.2 Å². The van der Waals surface area contributed by atoms with Gasteiger partial charge < -0.3 is 25.2 Å². The Labute approximate surface area is 338 Å². The van der Waals surface area contributed by atoms with Crippen molar-refractivity contribution in [1.82, 2.24) is 25.3 Å². The molecule has 0 radical (unpaired) electrons. The molecule has 12 heteroatoms. The van der Waals surface area contributed by atoms with E-state index in [0.717, 1.165) is 87.0 Å². The Morgan fingerprint density at radius 2 is 1.66 bits per heavy atom. The molecule has 0 bridgehead atoms. The third-order valence-electron chi connectivity index (χ3n) is 11.5. The highest BCUT2D eigenvalue weighted by molar-refractivity contribution is 6.36. The minimum atomic E-state index is -0.692. The second-order valence-corrected chi connectivity index (χ2v) is 15.8. The van der Waals surface area contributed by atoms with E-state index in [-0.39, 0.29) is 17.9 Å². The summed E-state index contributed by atoms with van der Waals surface area (Å²) in [5.74, 6) is 0.709. The number of amides is 1. The van der Waals surface area contributed by atoms with Gasteiger partial charge in [0.1, 0.15) is 11.5 Å². The van der Waals surface area contributed by atoms with Crippen molar-refractivity contribution >= 4 is 46.0 Å². The van der Waals surface area contributed by atoms with E-state index in [1.807, 2.05) is 53.3 Å². The Kier molecular flexibility index (Phi) is 12.5. The number of halogens is 2. The van der Waals surface area contributed by atoms with Crippen molar-refractivity contribution in [2.24, 2.45) is 5.92 Å². The number of fused-ring (bicyclic) bond motifs is 1. The van der Waals surface area contributed by atoms with Crippen LogP contribution in [-0.4, -0.2) is 71.6 Å². The zero-order chi connectivity index (χ0) is 39.3. The number of piperidine rings is 1. The van der Waals surface area contributed by atoms with E-state index in [0.29, 0.717) is 61.5 Å². The van der Waals surface area contributed by atoms with Gasteiger partial charge in [-0.05, 0) is 86.5 Å². The Hall–Kier alpha value is -4.61. The fourth-order valence-electron chi connectivity index (χ4n) is 8.29. The van der Waals surface area contributed by atoms with Crippen LogP contribution in [-0.2, 0) is 29.2 Å². The standard InChI is InChI=1S/C44H49Cl2N5O5/c1-50(33-17-15-27(16-18-33)44(53)54)25-31-19-38(45)30(21-41(31)56-3)26-51-39-11-6-9-35(37(39)24-48-51)36-10-5-8-34(43(36)46)28-13-14-29(40(20-28)55-2)22-47-23-32-7-4-12-42(52)49-32/h5-6,8-11,13-14,19-21,24,27,32-33,47H,4,7,12,15-18,22-23,25-26H2,1-3H3,(H,49,52)(H,53,54)/t27-,32-,33-/m0/s1. The molecule has 56 heavy (non-hydrogen) atoms. The van der Waals surface area contributed by atoms with Crippen molar-refractivity contribution in [1.29, 1.82) is 0 Å². The maximum absolute atomic E-state index is 11.8. The molecule has 1 amide bonds. The Morgan fingerprint density at radius 1 is 0.929 bits per heavy atom. The number of carboxylic acids is 1. The number of hydrogen-bond donors (Lipinski definition) is 3. The van der Waals surface area contributed by atoms with Crippen LogP contribution in [0.4, 0.5) is 0 Å². The van der Waals surface area contributed by atoms with Gasteiger partial charge in [-0.3, -0.25) is 19.2 Å². The number of carbonyl (C=O) groups excluding carboxylic acids is 1. The summed E-state index contributed by atoms with van der Waals surface area (Å²) in [4.78, 5) is 25.5. The normalized spacial score (nSPS) is 18.6. The molecule has 1 saturated carbocycles. The second kappa shape index (κ2) is 17.7. The van der Waals surface area contributed by atoms with Gasteiger partial charge in [-0.25, -0.2) is 0 Å². The zero-order valence-electron chi connectivity index (χ0n) is 32.1. The maximum Gasteiger partial charge on any atom is 0.306 e. The summed E-state index contributed by atoms with van der Waals surface area (Å²) in [6, 6.07) is 22.8. The lowest BCUT2D eigenvalue weighted by molar-refractivity contribution is -0.143. The first-order chi connectivity index (χ1) is 27.1. The number of nitrogens with zero attached hydrogens (tertiary/aromatic N) is 3. The van der Waals surface area contributed by atoms with Crippen molar-refractivity contribution in [3.05, 3.63) is 99.7 Å². The molecule has 2 heterocycles. The van der Waals surface area contributed by atoms with Gasteiger partial charge in [0, 0.05) is 70.8 Å². The monoisotopic (exact) mass is 797 g/mol. The fourth-order valence-corrected chi connectivity index (χ4v) is 8.88. The number of carboxylic acid groups (broad SMARTS) is 1. The summed E-state index contributed by atoms with van der Waals surface area (Å²) >= 11 is 14.2. The van der Waals surface area contributed by atoms with E-state index in [1.165, 1.54) is 0 Å². The first kappa shape index (κ1) is 39.6. The maximum atomic E-state index is 11.8. The highest BCUT2D eigenvalue weighted by atomic mass is 35.5. The molecule has 1 atom stereocenters. The molecule has 3 N–H and O–H groups in total. The number of nitrogens with one attached hydrogen (secondary N) is 2. The molecular formula is C44H49Cl2N5O5. The second-order valence-electron chi connectivity index (χ2n) is 15.0. The molecule has 1 saturated heterocycles. The van der Waals surface area contributed by atoms with Gasteiger partial charge in [0.15, 0.2) is 0 Å². The minimum Gasteiger partial charge on any atom is -0.496 e. The van der Waals surface area contributed by atoms with Crippen molar-refractivity contribution in [3.8, 4) is 33.8 Å². The average molecular weight is 799 g/mol. The number of methoxy groups -OCH3 is 2. The number of aromatic nitrogens is 2. The smallest absolute Gasteiger partial charge is 0.306 e. The molecule has 294 valence electrons. The SMILES string of the molecule is COc1cc(-c2cccc(-c3cccc4c3cnn4Cc3cc(OC)c(CN(C)[C@H]4CC[C@H](C(=O)O)CC4)cc3Cl)c2Cl)ccc1CNC[C@@H]1CCCC(=O)N1. The highest BCUT2D eigenvalue weighted by Crippen LogP contribution is 2.41. The molecule has 1 aliphatic heterocycles. The third-order valence-corrected chi connectivity index (χ3v) is 12.2. The van der Waals surface area contributed by atoms with E-state index in [4.69, 9.17) is 37.8 Å². The zero-order valence-corrected chi connectivity index (χ0v) is 33.6. The lowest BCUT2D eigenvalue weighted by Crippen LogP contribution is -2.44. The molecule has 1 aromatic heterocycles. The molecule has 0 unspecified atom stereocenters. The number of hydrogen-bond acceptors (Lipinski definition) is 7. The largest absolute Gasteiger partial charge is 0.496 e. The van der Waals surface area contributed by atoms with Gasteiger partial charge in [0.25, 0.3) is 0 Å². The van der Waals surface area contributed by atoms with Crippen LogP contribution < -0.4 is 20.1 Å². The topological polar surface area (TPSA) is 118 Å². The number of carbonyl (C=O) groups is 2. The van der Waals surface area contributed by atoms with Crippen LogP contribution >= 0.6 is 23.2 Å². The Bertz CT molecular complexity index is 2220. The molecule has 0 spiro atoms. The molecular weight excluding hydrogens is 749 g/mol. The molecule has 4 aromatic carbocycles. The van der Waals surface area contributed by atoms with Gasteiger partial charge in [0.05, 0.1) is 43.4 Å². The van der Waals surface area contributed by atoms with Gasteiger partial charge in [0.2, 0.25) is 5.91 Å². The number of benzene rings is 4. The molecule has 2 fully saturated rings. The Balaban J connectivity index is 1.08. The summed E-state index contributed by atoms with van der Waals surface area (Å²) in [6.07, 6.45) is 7.51. The van der Waals surface area contributed by atoms with E-state index in [9.17, 15) is 14.7 Å². The average Bonchev–Trinajstić information content (AvgIpc) is 3.62. The summed E-state index contributed by atoms with van der Waals surface area (Å²) in [6.45, 7) is 2.42. The molecule has 10 nitrogen and oxygen atoms in total. The third kappa shape index (κ3) is 8.69. The van der Waals surface area contributed by atoms with Crippen LogP contribution in [0, 0.1) is 5.92 Å². The van der Waals surface area contributed by atoms with E-state index in [2.05, 4.69) is 46.8 Å². The van der Waals surface area contributed by atoms with E-state index >= 15 is 0 Å². The number of rotatable bonds is 14. The molecule has 1 aliphatic carbocycles. The molecule has 2 aliphatic rings. The lowest BCUT2D eigenvalue weighted by atomic mass is 9.85. The van der Waals surface area contributed by atoms with Crippen LogP contribution in [0.2, 0.25) is 10.0 Å². The quantitative estimate of drug-likeness (QED) is 0.102. The minimum absolute atomic E-state index is 0.123. The van der Waals surface area contributed by atoms with Crippen LogP contribution in [0.15, 0.2) is 72.9 Å². The van der Waals surface area contributed by atoms with E-state index < -0.39 is 5.97 Å². The van der Waals surface area contributed by atoms with Crippen LogP contribution in [0.25, 0.3) is 33.2 Å². The molecule has 5 aromatic rings. The van der Waals surface area contributed by atoms with Crippen LogP contribution in [0.3, 0.4) is 0 Å². The van der Waals surface area contributed by atoms with Gasteiger partial charge in [-0.1, -0.05) is 65.7 Å². The summed E-state index contributed by atoms with van der Waals surface area (Å²) in [5, 5.41) is 23.0. The highest BCUT2D eigenvalue weighted by Gasteiger charge is 2.28. The first-order valence-electron chi connectivity index (χ1n) is 19.3. The van der Waals surface area contributed by atoms with Gasteiger partial charge >= 0.3 is 5.97 Å². The van der Waals surface area contributed by atoms with Crippen molar-refractivity contribution in [3.63, 3.8) is 0 Å². The number of ether oxygens (including phenoxy) is 2. The summed E-state index contributed by atoms with van der Waals surface area (Å²) in [5.41, 5.74) is 7.57. The fraction of sp³-hybridized carbons (Fsp3) is 0.386. The predicted octanol–water partition coefficient (Wildman–Crippen LogP) is 8.58. The molecule has 7 rings (SSSR count). The first-order valence-corrected chi connectivity index (χ1v) is 20.1. The van der Waals surface area contributed by atoms with Crippen LogP contribution in [0.1, 0.15) is 61.6 Å². The van der Waals surface area contributed by atoms with Crippen molar-refractivity contribution in [2.45, 2.75) is 76.7 Å². The lowest BCUT2D eigenvalue weighted by Gasteiger charge is -2.33. The number of aliphatic carboxylic acids is 1. The predicted molar refractivity (Wildman–Crippen MR) is 222 cm³/mol. The summed E-state index contributed by atoms with van der Waals surface area (Å²) in [7, 11) is 5.43. The van der Waals surface area contributed by atoms with Gasteiger partial charge in [-0.15, -0.1) is 0 Å². The summed E-state index contributed by atoms with van der Waals surface area (Å²) < 4.78 is 13.6. The van der Waals surface area contributed by atoms with Crippen LogP contribution in [0.5, 0.6) is 11.5 Å². The van der Waals surface area contributed by atoms with E-state index in [1.54, 1.807) is 14.2 Å². The van der Waals surface area contributed by atoms with Gasteiger partial charge in [-0.2, -0.15) is 5.10 Å².